The van der Waals surface area contributed by atoms with E-state index in [1.807, 2.05) is 60.4 Å². The lowest BCUT2D eigenvalue weighted by Gasteiger charge is -2.56. The van der Waals surface area contributed by atoms with Gasteiger partial charge in [0.25, 0.3) is 0 Å². The van der Waals surface area contributed by atoms with E-state index in [0.29, 0.717) is 0 Å². The van der Waals surface area contributed by atoms with E-state index < -0.39 is 35.5 Å². The van der Waals surface area contributed by atoms with Gasteiger partial charge in [-0.2, -0.15) is 0 Å². The van der Waals surface area contributed by atoms with E-state index in [1.54, 1.807) is 64.2 Å². The number of hydrogen-bond donors (Lipinski definition) is 0. The molecule has 35 heavy (non-hydrogen) atoms. The molecule has 1 aliphatic heterocycles. The van der Waals surface area contributed by atoms with Crippen LogP contribution in [0, 0.1) is 0 Å². The lowest BCUT2D eigenvalue weighted by Crippen LogP contribution is -2.77. The van der Waals surface area contributed by atoms with Gasteiger partial charge in [0.15, 0.2) is 0 Å². The molecule has 1 heterocycles. The highest BCUT2D eigenvalue weighted by Crippen LogP contribution is 2.66. The molecule has 210 valence electrons. The molecule has 0 atom stereocenters. The van der Waals surface area contributed by atoms with Crippen LogP contribution in [-0.2, 0) is 0 Å². The van der Waals surface area contributed by atoms with Gasteiger partial charge in [-0.1, -0.05) is 194 Å². The first kappa shape index (κ1) is 34.1. The zero-order chi connectivity index (χ0) is 26.6. The van der Waals surface area contributed by atoms with Crippen molar-refractivity contribution in [1.29, 1.82) is 0 Å². The van der Waals surface area contributed by atoms with Gasteiger partial charge in [0.2, 0.25) is 0 Å². The summed E-state index contributed by atoms with van der Waals surface area (Å²) in [5, 5.41) is 0. The molecule has 0 aromatic carbocycles. The molecule has 0 aliphatic carbocycles. The van der Waals surface area contributed by atoms with Crippen molar-refractivity contribution in [3.63, 3.8) is 0 Å². The summed E-state index contributed by atoms with van der Waals surface area (Å²) >= 11 is 0. The Kier molecular flexibility index (Phi) is 15.2. The molecule has 0 aromatic rings. The SMILES string of the molecule is CCC[Si]1(CCC)[Si](CCC)(CCC)[Si](CCC)(CCC)[Si](CCC)(CCC)[Si]1(CCC)CCC. The van der Waals surface area contributed by atoms with Crippen LogP contribution in [-0.4, -0.2) is 35.5 Å². The Morgan fingerprint density at radius 2 is 0.286 bits per heavy atom. The molecule has 0 spiro atoms. The Bertz CT molecular complexity index is 409. The van der Waals surface area contributed by atoms with Crippen LogP contribution in [0.3, 0.4) is 0 Å². The van der Waals surface area contributed by atoms with Crippen molar-refractivity contribution in [3.8, 4) is 0 Å². The molecular weight excluding hydrogens is 501 g/mol. The van der Waals surface area contributed by atoms with Crippen molar-refractivity contribution >= 4 is 35.5 Å². The summed E-state index contributed by atoms with van der Waals surface area (Å²) in [6, 6.07) is 18.1. The molecule has 0 unspecified atom stereocenters. The summed E-state index contributed by atoms with van der Waals surface area (Å²) < 4.78 is 0. The van der Waals surface area contributed by atoms with Crippen molar-refractivity contribution < 1.29 is 0 Å². The molecule has 0 saturated carbocycles. The van der Waals surface area contributed by atoms with Gasteiger partial charge in [-0.25, -0.2) is 0 Å². The molecule has 0 amide bonds. The largest absolute Gasteiger partial charge is 0.0657 e. The minimum atomic E-state index is -1.29. The normalized spacial score (nSPS) is 21.4. The molecule has 1 aliphatic rings. The van der Waals surface area contributed by atoms with Crippen LogP contribution in [0.5, 0.6) is 0 Å². The predicted octanol–water partition coefficient (Wildman–Crippen LogP) is 11.7. The zero-order valence-electron chi connectivity index (χ0n) is 26.6. The van der Waals surface area contributed by atoms with E-state index in [0.717, 1.165) is 0 Å². The molecule has 1 rings (SSSR count). The lowest BCUT2D eigenvalue weighted by atomic mass is 10.6. The standard InChI is InChI=1S/C30H70Si5/c1-11-21-31(22-12-2)32(23-13-3,24-14-4)34(27-17-7,28-18-8)35(29-19-9,30-20-10)33(31,25-15-5)26-16-6/h11-30H2,1-10H3. The summed E-state index contributed by atoms with van der Waals surface area (Å²) in [6.45, 7) is 26.4. The quantitative estimate of drug-likeness (QED) is 0.128. The minimum absolute atomic E-state index is 1.29. The van der Waals surface area contributed by atoms with Crippen molar-refractivity contribution in [2.75, 3.05) is 0 Å². The summed E-state index contributed by atoms with van der Waals surface area (Å²) in [5.74, 6) is 0. The fourth-order valence-corrected chi connectivity index (χ4v) is 239. The average molecular weight is 571 g/mol. The zero-order valence-corrected chi connectivity index (χ0v) is 31.6. The van der Waals surface area contributed by atoms with Crippen molar-refractivity contribution in [3.05, 3.63) is 0 Å². The van der Waals surface area contributed by atoms with Crippen LogP contribution in [0.25, 0.3) is 0 Å². The first-order chi connectivity index (χ1) is 16.9. The Labute approximate surface area is 228 Å². The fraction of sp³-hybridized carbons (Fsp3) is 1.00. The maximum absolute atomic E-state index is 2.64. The molecular formula is C30H70Si5. The van der Waals surface area contributed by atoms with Crippen LogP contribution in [0.15, 0.2) is 0 Å². The third-order valence-electron chi connectivity index (χ3n) is 11.3. The highest BCUT2D eigenvalue weighted by Gasteiger charge is 2.85. The van der Waals surface area contributed by atoms with Crippen molar-refractivity contribution in [2.45, 2.75) is 194 Å². The molecule has 1 saturated heterocycles. The number of hydrogen-bond acceptors (Lipinski definition) is 0. The van der Waals surface area contributed by atoms with Crippen LogP contribution in [0.4, 0.5) is 0 Å². The van der Waals surface area contributed by atoms with Crippen LogP contribution >= 0.6 is 0 Å². The molecule has 0 nitrogen and oxygen atoms in total. The van der Waals surface area contributed by atoms with Gasteiger partial charge >= 0.3 is 0 Å². The van der Waals surface area contributed by atoms with Crippen LogP contribution < -0.4 is 0 Å². The fourth-order valence-electron chi connectivity index (χ4n) is 12.0. The maximum Gasteiger partial charge on any atom is 0.0377 e. The monoisotopic (exact) mass is 570 g/mol. The first-order valence-corrected chi connectivity index (χ1v) is 33.9. The van der Waals surface area contributed by atoms with Crippen molar-refractivity contribution in [1.82, 2.24) is 0 Å². The Hall–Kier alpha value is 1.08. The van der Waals surface area contributed by atoms with E-state index in [4.69, 9.17) is 0 Å². The summed E-state index contributed by atoms with van der Waals surface area (Å²) in [4.78, 5) is 0. The Balaban J connectivity index is 4.56. The molecule has 5 heteroatoms. The molecule has 0 radical (unpaired) electrons. The van der Waals surface area contributed by atoms with E-state index in [2.05, 4.69) is 69.2 Å². The molecule has 1 fully saturated rings. The maximum atomic E-state index is 2.64. The second kappa shape index (κ2) is 15.6. The summed E-state index contributed by atoms with van der Waals surface area (Å²) in [7, 11) is -6.47. The van der Waals surface area contributed by atoms with E-state index >= 15 is 0 Å². The Morgan fingerprint density at radius 3 is 0.343 bits per heavy atom. The average Bonchev–Trinajstić information content (AvgIpc) is 2.92. The van der Waals surface area contributed by atoms with Gasteiger partial charge in [-0.3, -0.25) is 0 Å². The second-order valence-corrected chi connectivity index (χ2v) is 64.9. The molecule has 0 aromatic heterocycles. The topological polar surface area (TPSA) is 0 Å². The van der Waals surface area contributed by atoms with Gasteiger partial charge < -0.3 is 0 Å². The second-order valence-electron chi connectivity index (χ2n) is 12.9. The minimum Gasteiger partial charge on any atom is -0.0657 e. The van der Waals surface area contributed by atoms with E-state index in [1.165, 1.54) is 0 Å². The Morgan fingerprint density at radius 1 is 0.200 bits per heavy atom. The highest BCUT2D eigenvalue weighted by atomic mass is 30.2. The predicted molar refractivity (Wildman–Crippen MR) is 180 cm³/mol. The van der Waals surface area contributed by atoms with Crippen LogP contribution in [0.2, 0.25) is 60.4 Å². The van der Waals surface area contributed by atoms with Crippen LogP contribution in [0.1, 0.15) is 133 Å². The number of rotatable bonds is 20. The summed E-state index contributed by atoms with van der Waals surface area (Å²) in [6.07, 6.45) is 15.4. The summed E-state index contributed by atoms with van der Waals surface area (Å²) in [5.41, 5.74) is 0. The van der Waals surface area contributed by atoms with Crippen molar-refractivity contribution in [2.24, 2.45) is 0 Å². The van der Waals surface area contributed by atoms with E-state index in [9.17, 15) is 0 Å². The smallest absolute Gasteiger partial charge is 0.0377 e. The van der Waals surface area contributed by atoms with Gasteiger partial charge in [-0.05, 0) is 0 Å². The van der Waals surface area contributed by atoms with Gasteiger partial charge in [-0.15, -0.1) is 0 Å². The first-order valence-electron chi connectivity index (χ1n) is 16.9. The lowest BCUT2D eigenvalue weighted by molar-refractivity contribution is 0.956. The third-order valence-corrected chi connectivity index (χ3v) is 131. The van der Waals surface area contributed by atoms with Gasteiger partial charge in [0, 0.05) is 35.5 Å². The molecule has 0 N–H and O–H groups in total. The highest BCUT2D eigenvalue weighted by molar-refractivity contribution is 8.14. The third kappa shape index (κ3) is 5.18. The van der Waals surface area contributed by atoms with Gasteiger partial charge in [0.1, 0.15) is 0 Å². The molecule has 0 bridgehead atoms. The van der Waals surface area contributed by atoms with E-state index in [-0.39, 0.29) is 0 Å². The van der Waals surface area contributed by atoms with Gasteiger partial charge in [0.05, 0.1) is 0 Å².